The van der Waals surface area contributed by atoms with Gasteiger partial charge < -0.3 is 5.32 Å². The summed E-state index contributed by atoms with van der Waals surface area (Å²) >= 11 is 15.2. The number of anilines is 1. The third-order valence-electron chi connectivity index (χ3n) is 2.36. The third-order valence-corrected chi connectivity index (χ3v) is 3.42. The molecule has 0 bridgehead atoms. The lowest BCUT2D eigenvalue weighted by Gasteiger charge is -2.10. The van der Waals surface area contributed by atoms with Gasteiger partial charge in [0.05, 0.1) is 21.3 Å². The first-order chi connectivity index (χ1) is 8.99. The van der Waals surface area contributed by atoms with Crippen molar-refractivity contribution >= 4 is 50.7 Å². The molecule has 2 aromatic rings. The van der Waals surface area contributed by atoms with E-state index in [9.17, 15) is 9.18 Å². The maximum absolute atomic E-state index is 13.5. The average Bonchev–Trinajstić information content (AvgIpc) is 2.34. The van der Waals surface area contributed by atoms with Crippen LogP contribution in [0.4, 0.5) is 10.1 Å². The van der Waals surface area contributed by atoms with Crippen molar-refractivity contribution < 1.29 is 9.18 Å². The molecule has 0 aliphatic rings. The normalized spacial score (nSPS) is 10.3. The molecule has 98 valence electrons. The van der Waals surface area contributed by atoms with Gasteiger partial charge in [-0.3, -0.25) is 4.79 Å². The Balaban J connectivity index is 2.32. The molecule has 0 saturated heterocycles. The largest absolute Gasteiger partial charge is 0.319 e. The number of amides is 1. The first-order valence-corrected chi connectivity index (χ1v) is 6.74. The Labute approximate surface area is 127 Å². The first-order valence-electron chi connectivity index (χ1n) is 5.19. The molecule has 0 unspecified atom stereocenters. The Bertz CT molecular complexity index is 625. The zero-order valence-electron chi connectivity index (χ0n) is 9.38. The highest BCUT2D eigenvalue weighted by atomic mass is 79.9. The van der Waals surface area contributed by atoms with Crippen LogP contribution in [0.5, 0.6) is 0 Å². The van der Waals surface area contributed by atoms with Crippen LogP contribution in [0.3, 0.4) is 0 Å². The van der Waals surface area contributed by atoms with E-state index in [4.69, 9.17) is 23.2 Å². The third kappa shape index (κ3) is 3.26. The van der Waals surface area contributed by atoms with Crippen molar-refractivity contribution in [2.75, 3.05) is 5.32 Å². The van der Waals surface area contributed by atoms with E-state index in [0.29, 0.717) is 4.47 Å². The van der Waals surface area contributed by atoms with E-state index in [0.717, 1.165) is 0 Å². The van der Waals surface area contributed by atoms with Crippen molar-refractivity contribution in [3.05, 3.63) is 62.3 Å². The molecule has 0 atom stereocenters. The molecule has 0 saturated carbocycles. The minimum Gasteiger partial charge on any atom is -0.319 e. The molecule has 0 aliphatic heterocycles. The minimum atomic E-state index is -0.607. The molecule has 1 amide bonds. The standard InChI is InChI=1S/C13H7BrCl2FNO/c14-7-5-9(15)12(10(16)6-7)18-13(19)8-3-1-2-4-11(8)17/h1-6H,(H,18,19). The monoisotopic (exact) mass is 361 g/mol. The molecule has 1 N–H and O–H groups in total. The molecule has 0 heterocycles. The van der Waals surface area contributed by atoms with Gasteiger partial charge in [-0.15, -0.1) is 0 Å². The van der Waals surface area contributed by atoms with Gasteiger partial charge in [0.25, 0.3) is 5.91 Å². The fourth-order valence-electron chi connectivity index (χ4n) is 1.49. The molecule has 2 nitrogen and oxygen atoms in total. The van der Waals surface area contributed by atoms with Crippen LogP contribution in [-0.4, -0.2) is 5.91 Å². The maximum Gasteiger partial charge on any atom is 0.258 e. The van der Waals surface area contributed by atoms with Crippen LogP contribution in [0.1, 0.15) is 10.4 Å². The Kier molecular flexibility index (Phi) is 4.45. The number of carbonyl (C=O) groups is 1. The van der Waals surface area contributed by atoms with Gasteiger partial charge in [0.1, 0.15) is 5.82 Å². The highest BCUT2D eigenvalue weighted by Gasteiger charge is 2.15. The lowest BCUT2D eigenvalue weighted by molar-refractivity contribution is 0.102. The quantitative estimate of drug-likeness (QED) is 0.786. The average molecular weight is 363 g/mol. The second kappa shape index (κ2) is 5.90. The van der Waals surface area contributed by atoms with Gasteiger partial charge in [0.15, 0.2) is 0 Å². The summed E-state index contributed by atoms with van der Waals surface area (Å²) in [6, 6.07) is 8.84. The van der Waals surface area contributed by atoms with E-state index in [1.165, 1.54) is 18.2 Å². The van der Waals surface area contributed by atoms with Crippen molar-refractivity contribution in [2.45, 2.75) is 0 Å². The second-order valence-electron chi connectivity index (χ2n) is 3.68. The van der Waals surface area contributed by atoms with Crippen molar-refractivity contribution in [2.24, 2.45) is 0 Å². The minimum absolute atomic E-state index is 0.0717. The van der Waals surface area contributed by atoms with Crippen LogP contribution >= 0.6 is 39.1 Å². The molecule has 2 aromatic carbocycles. The van der Waals surface area contributed by atoms with Gasteiger partial charge in [-0.1, -0.05) is 51.3 Å². The lowest BCUT2D eigenvalue weighted by atomic mass is 10.2. The fourth-order valence-corrected chi connectivity index (χ4v) is 2.79. The van der Waals surface area contributed by atoms with Crippen LogP contribution in [0, 0.1) is 5.82 Å². The molecule has 0 aromatic heterocycles. The number of halogens is 4. The Morgan fingerprint density at radius 3 is 2.32 bits per heavy atom. The predicted octanol–water partition coefficient (Wildman–Crippen LogP) is 5.15. The topological polar surface area (TPSA) is 29.1 Å². The SMILES string of the molecule is O=C(Nc1c(Cl)cc(Br)cc1Cl)c1ccccc1F. The predicted molar refractivity (Wildman–Crippen MR) is 78.5 cm³/mol. The summed E-state index contributed by atoms with van der Waals surface area (Å²) in [7, 11) is 0. The van der Waals surface area contributed by atoms with E-state index in [2.05, 4.69) is 21.2 Å². The summed E-state index contributed by atoms with van der Waals surface area (Å²) in [4.78, 5) is 11.9. The summed E-state index contributed by atoms with van der Waals surface area (Å²) in [6.07, 6.45) is 0. The van der Waals surface area contributed by atoms with Gasteiger partial charge in [-0.25, -0.2) is 4.39 Å². The van der Waals surface area contributed by atoms with E-state index in [-0.39, 0.29) is 21.3 Å². The van der Waals surface area contributed by atoms with Gasteiger partial charge in [0, 0.05) is 4.47 Å². The van der Waals surface area contributed by atoms with Gasteiger partial charge in [-0.2, -0.15) is 0 Å². The summed E-state index contributed by atoms with van der Waals surface area (Å²) in [5, 5.41) is 3.03. The van der Waals surface area contributed by atoms with E-state index >= 15 is 0 Å². The van der Waals surface area contributed by atoms with Crippen LogP contribution < -0.4 is 5.32 Å². The van der Waals surface area contributed by atoms with Crippen molar-refractivity contribution in [3.8, 4) is 0 Å². The fraction of sp³-hybridized carbons (Fsp3) is 0. The van der Waals surface area contributed by atoms with Crippen molar-refractivity contribution in [3.63, 3.8) is 0 Å². The van der Waals surface area contributed by atoms with Crippen molar-refractivity contribution in [1.82, 2.24) is 0 Å². The van der Waals surface area contributed by atoms with E-state index in [1.807, 2.05) is 0 Å². The van der Waals surface area contributed by atoms with E-state index < -0.39 is 11.7 Å². The Morgan fingerprint density at radius 1 is 1.16 bits per heavy atom. The molecule has 2 rings (SSSR count). The highest BCUT2D eigenvalue weighted by Crippen LogP contribution is 2.34. The molecule has 19 heavy (non-hydrogen) atoms. The molecular weight excluding hydrogens is 356 g/mol. The highest BCUT2D eigenvalue weighted by molar-refractivity contribution is 9.10. The lowest BCUT2D eigenvalue weighted by Crippen LogP contribution is -2.14. The molecule has 0 fully saturated rings. The molecule has 0 radical (unpaired) electrons. The summed E-state index contributed by atoms with van der Waals surface area (Å²) < 4.78 is 14.2. The smallest absolute Gasteiger partial charge is 0.258 e. The number of nitrogens with one attached hydrogen (secondary N) is 1. The van der Waals surface area contributed by atoms with Crippen LogP contribution in [-0.2, 0) is 0 Å². The van der Waals surface area contributed by atoms with Crippen LogP contribution in [0.2, 0.25) is 10.0 Å². The Hall–Kier alpha value is -1.10. The molecule has 0 spiro atoms. The second-order valence-corrected chi connectivity index (χ2v) is 5.41. The van der Waals surface area contributed by atoms with Gasteiger partial charge >= 0.3 is 0 Å². The Morgan fingerprint density at radius 2 is 1.74 bits per heavy atom. The first kappa shape index (κ1) is 14.3. The molecule has 0 aliphatic carbocycles. The molecular formula is C13H7BrCl2FNO. The number of carbonyl (C=O) groups excluding carboxylic acids is 1. The summed E-state index contributed by atoms with van der Waals surface area (Å²) in [6.45, 7) is 0. The maximum atomic E-state index is 13.5. The van der Waals surface area contributed by atoms with Gasteiger partial charge in [0.2, 0.25) is 0 Å². The van der Waals surface area contributed by atoms with Gasteiger partial charge in [-0.05, 0) is 24.3 Å². The number of hydrogen-bond donors (Lipinski definition) is 1. The van der Waals surface area contributed by atoms with Crippen LogP contribution in [0.15, 0.2) is 40.9 Å². The zero-order valence-corrected chi connectivity index (χ0v) is 12.5. The number of rotatable bonds is 2. The van der Waals surface area contributed by atoms with Crippen LogP contribution in [0.25, 0.3) is 0 Å². The number of benzene rings is 2. The van der Waals surface area contributed by atoms with Crippen molar-refractivity contribution in [1.29, 1.82) is 0 Å². The zero-order chi connectivity index (χ0) is 14.0. The molecule has 6 heteroatoms. The summed E-state index contributed by atoms with van der Waals surface area (Å²) in [5.74, 6) is -1.21. The number of hydrogen-bond acceptors (Lipinski definition) is 1. The van der Waals surface area contributed by atoms with E-state index in [1.54, 1.807) is 18.2 Å². The summed E-state index contributed by atoms with van der Waals surface area (Å²) in [5.41, 5.74) is 0.178.